The van der Waals surface area contributed by atoms with E-state index in [9.17, 15) is 13.2 Å². The van der Waals surface area contributed by atoms with Gasteiger partial charge in [-0.25, -0.2) is 13.1 Å². The molecule has 0 aromatic heterocycles. The number of nitrogens with zero attached hydrogens (tertiary/aromatic N) is 1. The fourth-order valence-electron chi connectivity index (χ4n) is 3.11. The summed E-state index contributed by atoms with van der Waals surface area (Å²) in [6.07, 6.45) is 1.77. The Labute approximate surface area is 158 Å². The highest BCUT2D eigenvalue weighted by atomic mass is 32.2. The molecule has 144 valence electrons. The fourth-order valence-corrected chi connectivity index (χ4v) is 4.10. The van der Waals surface area contributed by atoms with E-state index in [0.29, 0.717) is 18.0 Å². The molecule has 2 aromatic carbocycles. The van der Waals surface area contributed by atoms with Gasteiger partial charge in [-0.3, -0.25) is 4.79 Å². The molecule has 3 rings (SSSR count). The van der Waals surface area contributed by atoms with Crippen LogP contribution in [0.2, 0.25) is 0 Å². The number of sulfonamides is 1. The fraction of sp³-hybridized carbons (Fsp3) is 0.316. The number of aryl methyl sites for hydroxylation is 1. The van der Waals surface area contributed by atoms with E-state index in [1.807, 2.05) is 24.3 Å². The van der Waals surface area contributed by atoms with E-state index in [2.05, 4.69) is 4.72 Å². The molecule has 1 aliphatic heterocycles. The first-order chi connectivity index (χ1) is 13.0. The lowest BCUT2D eigenvalue weighted by Gasteiger charge is -2.29. The number of benzene rings is 2. The van der Waals surface area contributed by atoms with Gasteiger partial charge in [0, 0.05) is 18.3 Å². The molecule has 0 aliphatic carbocycles. The van der Waals surface area contributed by atoms with Crippen LogP contribution in [0.15, 0.2) is 47.4 Å². The van der Waals surface area contributed by atoms with Gasteiger partial charge in [-0.15, -0.1) is 0 Å². The molecular formula is C19H22N2O5S. The van der Waals surface area contributed by atoms with Crippen molar-refractivity contribution in [1.82, 2.24) is 4.72 Å². The smallest absolute Gasteiger partial charge is 0.242 e. The Balaban J connectivity index is 1.74. The SMILES string of the molecule is COc1ccc(S(=O)(=O)NCC(=O)N2CCCc3ccccc32)cc1OC. The molecule has 1 aliphatic rings. The van der Waals surface area contributed by atoms with E-state index in [1.165, 1.54) is 32.4 Å². The molecule has 8 heteroatoms. The Hall–Kier alpha value is -2.58. The number of para-hydroxylation sites is 1. The molecule has 1 amide bonds. The van der Waals surface area contributed by atoms with Crippen molar-refractivity contribution in [1.29, 1.82) is 0 Å². The largest absolute Gasteiger partial charge is 0.493 e. The lowest BCUT2D eigenvalue weighted by molar-refractivity contribution is -0.117. The molecule has 2 aromatic rings. The summed E-state index contributed by atoms with van der Waals surface area (Å²) >= 11 is 0. The number of hydrogen-bond acceptors (Lipinski definition) is 5. The van der Waals surface area contributed by atoms with Crippen LogP contribution in [0.1, 0.15) is 12.0 Å². The van der Waals surface area contributed by atoms with Crippen LogP contribution in [0.25, 0.3) is 0 Å². The monoisotopic (exact) mass is 390 g/mol. The molecule has 27 heavy (non-hydrogen) atoms. The lowest BCUT2D eigenvalue weighted by Crippen LogP contribution is -2.42. The van der Waals surface area contributed by atoms with Gasteiger partial charge in [0.15, 0.2) is 11.5 Å². The van der Waals surface area contributed by atoms with Crippen molar-refractivity contribution in [2.24, 2.45) is 0 Å². The minimum atomic E-state index is -3.86. The molecule has 1 N–H and O–H groups in total. The highest BCUT2D eigenvalue weighted by Crippen LogP contribution is 2.29. The molecule has 1 heterocycles. The normalized spacial score (nSPS) is 13.8. The standard InChI is InChI=1S/C19H22N2O5S/c1-25-17-10-9-15(12-18(17)26-2)27(23,24)20-13-19(22)21-11-5-7-14-6-3-4-8-16(14)21/h3-4,6,8-10,12,20H,5,7,11,13H2,1-2H3. The minimum absolute atomic E-state index is 0.00648. The second-order valence-corrected chi connectivity index (χ2v) is 7.89. The maximum Gasteiger partial charge on any atom is 0.242 e. The van der Waals surface area contributed by atoms with Gasteiger partial charge in [0.05, 0.1) is 25.7 Å². The maximum atomic E-state index is 12.6. The van der Waals surface area contributed by atoms with Crippen LogP contribution >= 0.6 is 0 Å². The molecule has 0 saturated carbocycles. The van der Waals surface area contributed by atoms with E-state index in [1.54, 1.807) is 4.90 Å². The number of hydrogen-bond donors (Lipinski definition) is 1. The van der Waals surface area contributed by atoms with Crippen LogP contribution in [0.3, 0.4) is 0 Å². The molecule has 0 spiro atoms. The van der Waals surface area contributed by atoms with E-state index in [4.69, 9.17) is 9.47 Å². The number of carbonyl (C=O) groups excluding carboxylic acids is 1. The van der Waals surface area contributed by atoms with Crippen molar-refractivity contribution in [2.45, 2.75) is 17.7 Å². The summed E-state index contributed by atoms with van der Waals surface area (Å²) < 4.78 is 37.7. The summed E-state index contributed by atoms with van der Waals surface area (Å²) in [7, 11) is -0.961. The van der Waals surface area contributed by atoms with E-state index < -0.39 is 10.0 Å². The molecular weight excluding hydrogens is 368 g/mol. The zero-order valence-corrected chi connectivity index (χ0v) is 16.1. The highest BCUT2D eigenvalue weighted by Gasteiger charge is 2.24. The Kier molecular flexibility index (Phi) is 5.67. The van der Waals surface area contributed by atoms with Crippen LogP contribution < -0.4 is 19.1 Å². The second-order valence-electron chi connectivity index (χ2n) is 6.12. The third-order valence-electron chi connectivity index (χ3n) is 4.49. The van der Waals surface area contributed by atoms with Gasteiger partial charge in [-0.1, -0.05) is 18.2 Å². The minimum Gasteiger partial charge on any atom is -0.493 e. The Morgan fingerprint density at radius 2 is 1.85 bits per heavy atom. The highest BCUT2D eigenvalue weighted by molar-refractivity contribution is 7.89. The van der Waals surface area contributed by atoms with Crippen LogP contribution in [0.5, 0.6) is 11.5 Å². The number of fused-ring (bicyclic) bond motifs is 1. The van der Waals surface area contributed by atoms with Crippen molar-refractivity contribution in [3.05, 3.63) is 48.0 Å². The lowest BCUT2D eigenvalue weighted by atomic mass is 10.0. The molecule has 0 unspecified atom stereocenters. The van der Waals surface area contributed by atoms with Gasteiger partial charge < -0.3 is 14.4 Å². The predicted octanol–water partition coefficient (Wildman–Crippen LogP) is 1.96. The average molecular weight is 390 g/mol. The zero-order valence-electron chi connectivity index (χ0n) is 15.3. The molecule has 0 fully saturated rings. The number of amides is 1. The number of anilines is 1. The molecule has 0 radical (unpaired) electrons. The summed E-state index contributed by atoms with van der Waals surface area (Å²) in [6, 6.07) is 12.0. The summed E-state index contributed by atoms with van der Waals surface area (Å²) in [5, 5.41) is 0. The molecule has 7 nitrogen and oxygen atoms in total. The first kappa shape index (κ1) is 19.2. The van der Waals surface area contributed by atoms with Crippen LogP contribution in [-0.4, -0.2) is 41.6 Å². The first-order valence-electron chi connectivity index (χ1n) is 8.56. The maximum absolute atomic E-state index is 12.6. The molecule has 0 atom stereocenters. The first-order valence-corrected chi connectivity index (χ1v) is 10.0. The van der Waals surface area contributed by atoms with Gasteiger partial charge in [-0.2, -0.15) is 0 Å². The van der Waals surface area contributed by atoms with Crippen molar-refractivity contribution >= 4 is 21.6 Å². The topological polar surface area (TPSA) is 84.9 Å². The Morgan fingerprint density at radius 1 is 1.11 bits per heavy atom. The zero-order chi connectivity index (χ0) is 19.4. The van der Waals surface area contributed by atoms with Crippen molar-refractivity contribution in [3.63, 3.8) is 0 Å². The van der Waals surface area contributed by atoms with Crippen molar-refractivity contribution in [2.75, 3.05) is 32.2 Å². The number of ether oxygens (including phenoxy) is 2. The molecule has 0 saturated heterocycles. The Bertz CT molecular complexity index is 943. The van der Waals surface area contributed by atoms with Gasteiger partial charge in [0.1, 0.15) is 0 Å². The number of rotatable bonds is 6. The quantitative estimate of drug-likeness (QED) is 0.815. The van der Waals surface area contributed by atoms with Gasteiger partial charge in [-0.05, 0) is 36.6 Å². The van der Waals surface area contributed by atoms with E-state index >= 15 is 0 Å². The molecule has 0 bridgehead atoms. The van der Waals surface area contributed by atoms with Gasteiger partial charge in [0.2, 0.25) is 15.9 Å². The summed E-state index contributed by atoms with van der Waals surface area (Å²) in [5.41, 5.74) is 1.94. The third-order valence-corrected chi connectivity index (χ3v) is 5.89. The summed E-state index contributed by atoms with van der Waals surface area (Å²) in [4.78, 5) is 14.3. The van der Waals surface area contributed by atoms with Crippen molar-refractivity contribution in [3.8, 4) is 11.5 Å². The second kappa shape index (κ2) is 7.98. The van der Waals surface area contributed by atoms with Gasteiger partial charge >= 0.3 is 0 Å². The number of nitrogens with one attached hydrogen (secondary N) is 1. The number of carbonyl (C=O) groups is 1. The van der Waals surface area contributed by atoms with E-state index in [0.717, 1.165) is 24.1 Å². The predicted molar refractivity (Wildman–Crippen MR) is 102 cm³/mol. The van der Waals surface area contributed by atoms with Gasteiger partial charge in [0.25, 0.3) is 0 Å². The van der Waals surface area contributed by atoms with Crippen LogP contribution in [0, 0.1) is 0 Å². The van der Waals surface area contributed by atoms with Crippen molar-refractivity contribution < 1.29 is 22.7 Å². The van der Waals surface area contributed by atoms with Crippen LogP contribution in [0.4, 0.5) is 5.69 Å². The van der Waals surface area contributed by atoms with E-state index in [-0.39, 0.29) is 17.3 Å². The number of methoxy groups -OCH3 is 2. The summed E-state index contributed by atoms with van der Waals surface area (Å²) in [5.74, 6) is 0.445. The average Bonchev–Trinajstić information content (AvgIpc) is 2.71. The Morgan fingerprint density at radius 3 is 2.59 bits per heavy atom. The van der Waals surface area contributed by atoms with Crippen LogP contribution in [-0.2, 0) is 21.2 Å². The third kappa shape index (κ3) is 4.06. The summed E-state index contributed by atoms with van der Waals surface area (Å²) in [6.45, 7) is 0.263.